The van der Waals surface area contributed by atoms with E-state index in [1.807, 2.05) is 13.8 Å². The molecule has 0 unspecified atom stereocenters. The molecule has 1 N–H and O–H groups in total. The predicted octanol–water partition coefficient (Wildman–Crippen LogP) is 2.49. The summed E-state index contributed by atoms with van der Waals surface area (Å²) in [5, 5.41) is 3.56. The minimum absolute atomic E-state index is 0.376. The zero-order valence-electron chi connectivity index (χ0n) is 10.1. The van der Waals surface area contributed by atoms with Crippen LogP contribution in [0.25, 0.3) is 0 Å². The molecule has 17 heavy (non-hydrogen) atoms. The van der Waals surface area contributed by atoms with Crippen molar-refractivity contribution in [2.45, 2.75) is 26.9 Å². The van der Waals surface area contributed by atoms with Gasteiger partial charge in [-0.1, -0.05) is 11.6 Å². The number of ether oxygens (including phenoxy) is 1. The normalized spacial score (nSPS) is 9.59. The van der Waals surface area contributed by atoms with Crippen molar-refractivity contribution in [2.24, 2.45) is 0 Å². The van der Waals surface area contributed by atoms with Gasteiger partial charge in [-0.15, -0.1) is 11.8 Å². The fourth-order valence-electron chi connectivity index (χ4n) is 1.19. The molecule has 0 saturated heterocycles. The summed E-state index contributed by atoms with van der Waals surface area (Å²) in [4.78, 5) is 8.37. The summed E-state index contributed by atoms with van der Waals surface area (Å²) in [6.45, 7) is 5.49. The lowest BCUT2D eigenvalue weighted by Crippen LogP contribution is -2.06. The number of halogens is 1. The van der Waals surface area contributed by atoms with Crippen molar-refractivity contribution in [1.82, 2.24) is 9.97 Å². The van der Waals surface area contributed by atoms with Gasteiger partial charge in [0.1, 0.15) is 17.6 Å². The summed E-state index contributed by atoms with van der Waals surface area (Å²) in [7, 11) is 0. The average Bonchev–Trinajstić information content (AvgIpc) is 2.31. The molecular weight excluding hydrogens is 238 g/mol. The van der Waals surface area contributed by atoms with E-state index in [9.17, 15) is 0 Å². The molecule has 0 atom stereocenters. The number of nitrogens with zero attached hydrogens (tertiary/aromatic N) is 2. The second-order valence-electron chi connectivity index (χ2n) is 3.23. The molecule has 1 rings (SSSR count). The molecule has 0 aromatic carbocycles. The highest BCUT2D eigenvalue weighted by Gasteiger charge is 2.02. The first-order valence-electron chi connectivity index (χ1n) is 5.51. The number of hydrogen-bond acceptors (Lipinski definition) is 4. The maximum Gasteiger partial charge on any atom is 0.158 e. The minimum Gasteiger partial charge on any atom is -0.374 e. The van der Waals surface area contributed by atoms with E-state index in [4.69, 9.17) is 16.3 Å². The number of hydrogen-bond donors (Lipinski definition) is 1. The van der Waals surface area contributed by atoms with Gasteiger partial charge in [0.25, 0.3) is 0 Å². The molecule has 0 saturated carbocycles. The van der Waals surface area contributed by atoms with E-state index in [0.29, 0.717) is 30.0 Å². The van der Waals surface area contributed by atoms with E-state index in [0.717, 1.165) is 13.0 Å². The van der Waals surface area contributed by atoms with Crippen LogP contribution in [0.5, 0.6) is 0 Å². The van der Waals surface area contributed by atoms with Gasteiger partial charge < -0.3 is 10.1 Å². The molecule has 1 aromatic rings. The van der Waals surface area contributed by atoms with Crippen molar-refractivity contribution in [1.29, 1.82) is 0 Å². The fourth-order valence-corrected chi connectivity index (χ4v) is 1.39. The molecule has 0 aliphatic carbocycles. The third-order valence-corrected chi connectivity index (χ3v) is 2.10. The van der Waals surface area contributed by atoms with Gasteiger partial charge in [0.05, 0.1) is 0 Å². The largest absolute Gasteiger partial charge is 0.374 e. The summed E-state index contributed by atoms with van der Waals surface area (Å²) in [6, 6.07) is 1.69. The minimum atomic E-state index is 0.376. The molecule has 0 amide bonds. The Kier molecular flexibility index (Phi) is 6.38. The van der Waals surface area contributed by atoms with Gasteiger partial charge in [0.15, 0.2) is 5.82 Å². The average molecular weight is 254 g/mol. The lowest BCUT2D eigenvalue weighted by Gasteiger charge is -2.06. The van der Waals surface area contributed by atoms with Crippen molar-refractivity contribution in [3.8, 4) is 11.8 Å². The highest BCUT2D eigenvalue weighted by molar-refractivity contribution is 6.29. The summed E-state index contributed by atoms with van der Waals surface area (Å²) in [5.74, 6) is 7.10. The van der Waals surface area contributed by atoms with Crippen LogP contribution in [-0.4, -0.2) is 23.1 Å². The van der Waals surface area contributed by atoms with Gasteiger partial charge in [0, 0.05) is 25.6 Å². The zero-order chi connectivity index (χ0) is 12.5. The van der Waals surface area contributed by atoms with Crippen molar-refractivity contribution in [3.63, 3.8) is 0 Å². The smallest absolute Gasteiger partial charge is 0.158 e. The second kappa shape index (κ2) is 7.88. The molecule has 0 aliphatic heterocycles. The molecule has 0 fully saturated rings. The maximum atomic E-state index is 5.89. The summed E-state index contributed by atoms with van der Waals surface area (Å²) in [6.07, 6.45) is 0.777. The monoisotopic (exact) mass is 253 g/mol. The van der Waals surface area contributed by atoms with Crippen molar-refractivity contribution in [2.75, 3.05) is 18.5 Å². The number of aromatic nitrogens is 2. The second-order valence-corrected chi connectivity index (χ2v) is 3.62. The Morgan fingerprint density at radius 1 is 1.47 bits per heavy atom. The molecule has 0 radical (unpaired) electrons. The number of nitrogens with one attached hydrogen (secondary N) is 1. The van der Waals surface area contributed by atoms with Gasteiger partial charge in [-0.2, -0.15) is 0 Å². The molecule has 92 valence electrons. The molecule has 1 heterocycles. The predicted molar refractivity (Wildman–Crippen MR) is 68.9 cm³/mol. The Balaban J connectivity index is 2.57. The van der Waals surface area contributed by atoms with Gasteiger partial charge in [-0.25, -0.2) is 9.97 Å². The van der Waals surface area contributed by atoms with Crippen LogP contribution in [0.2, 0.25) is 5.15 Å². The number of rotatable bonds is 6. The van der Waals surface area contributed by atoms with Crippen LogP contribution in [-0.2, 0) is 11.3 Å². The lowest BCUT2D eigenvalue weighted by molar-refractivity contribution is 0.128. The van der Waals surface area contributed by atoms with Crippen LogP contribution < -0.4 is 5.32 Å². The van der Waals surface area contributed by atoms with Crippen molar-refractivity contribution >= 4 is 17.4 Å². The molecule has 0 spiro atoms. The first-order valence-corrected chi connectivity index (χ1v) is 5.88. The molecule has 0 bridgehead atoms. The third-order valence-electron chi connectivity index (χ3n) is 1.91. The Labute approximate surface area is 107 Å². The molecule has 5 heteroatoms. The Morgan fingerprint density at radius 3 is 3.00 bits per heavy atom. The Morgan fingerprint density at radius 2 is 2.29 bits per heavy atom. The van der Waals surface area contributed by atoms with E-state index in [1.165, 1.54) is 0 Å². The first kappa shape index (κ1) is 13.8. The van der Waals surface area contributed by atoms with E-state index in [-0.39, 0.29) is 0 Å². The third kappa shape index (κ3) is 5.53. The van der Waals surface area contributed by atoms with Crippen LogP contribution in [0.1, 0.15) is 26.1 Å². The van der Waals surface area contributed by atoms with Gasteiger partial charge in [0.2, 0.25) is 0 Å². The molecular formula is C12H16ClN3O. The Hall–Kier alpha value is -1.31. The van der Waals surface area contributed by atoms with E-state index < -0.39 is 0 Å². The summed E-state index contributed by atoms with van der Waals surface area (Å²) in [5.41, 5.74) is 0. The maximum absolute atomic E-state index is 5.89. The first-order chi connectivity index (χ1) is 8.26. The fraction of sp³-hybridized carbons (Fsp3) is 0.500. The van der Waals surface area contributed by atoms with Crippen molar-refractivity contribution < 1.29 is 4.74 Å². The molecule has 4 nitrogen and oxygen atoms in total. The van der Waals surface area contributed by atoms with Crippen LogP contribution in [0.15, 0.2) is 6.07 Å². The highest BCUT2D eigenvalue weighted by Crippen LogP contribution is 2.12. The van der Waals surface area contributed by atoms with Crippen LogP contribution in [0, 0.1) is 11.8 Å². The Bertz CT molecular complexity index is 412. The molecule has 1 aromatic heterocycles. The SMILES string of the molecule is CC#CCCNc1cc(Cl)nc(COCC)n1. The number of anilines is 1. The van der Waals surface area contributed by atoms with Crippen molar-refractivity contribution in [3.05, 3.63) is 17.0 Å². The van der Waals surface area contributed by atoms with E-state index in [2.05, 4.69) is 27.1 Å². The molecule has 0 aliphatic rings. The quantitative estimate of drug-likeness (QED) is 0.481. The van der Waals surface area contributed by atoms with Crippen LogP contribution in [0.3, 0.4) is 0 Å². The van der Waals surface area contributed by atoms with E-state index in [1.54, 1.807) is 6.07 Å². The van der Waals surface area contributed by atoms with E-state index >= 15 is 0 Å². The standard InChI is InChI=1S/C12H16ClN3O/c1-3-5-6-7-14-11-8-10(13)15-12(16-11)9-17-4-2/h8H,4,6-7,9H2,1-2H3,(H,14,15,16). The van der Waals surface area contributed by atoms with Gasteiger partial charge >= 0.3 is 0 Å². The lowest BCUT2D eigenvalue weighted by atomic mass is 10.4. The van der Waals surface area contributed by atoms with Crippen LogP contribution in [0.4, 0.5) is 5.82 Å². The highest BCUT2D eigenvalue weighted by atomic mass is 35.5. The topological polar surface area (TPSA) is 47.0 Å². The zero-order valence-corrected chi connectivity index (χ0v) is 10.8. The van der Waals surface area contributed by atoms with Gasteiger partial charge in [-0.05, 0) is 13.8 Å². The van der Waals surface area contributed by atoms with Gasteiger partial charge in [-0.3, -0.25) is 0 Å². The summed E-state index contributed by atoms with van der Waals surface area (Å²) < 4.78 is 5.24. The van der Waals surface area contributed by atoms with Crippen LogP contribution >= 0.6 is 11.6 Å². The summed E-state index contributed by atoms with van der Waals surface area (Å²) >= 11 is 5.89.